The molecule has 6 nitrogen and oxygen atoms in total. The van der Waals surface area contributed by atoms with Crippen LogP contribution in [-0.2, 0) is 0 Å². The van der Waals surface area contributed by atoms with Gasteiger partial charge in [0.1, 0.15) is 24.4 Å². The number of aliphatic hydroxyl groups is 6. The Morgan fingerprint density at radius 1 is 0.692 bits per heavy atom. The van der Waals surface area contributed by atoms with Crippen LogP contribution in [-0.4, -0.2) is 92.2 Å². The Morgan fingerprint density at radius 3 is 1.08 bits per heavy atom. The second-order valence-corrected chi connectivity index (χ2v) is 2.48. The minimum Gasteiger partial charge on any atom is -0.394 e. The smallest absolute Gasteiger partial charge is 0.111 e. The predicted molar refractivity (Wildman–Crippen MR) is 44.0 cm³/mol. The Balaban J connectivity index is 0. The maximum atomic E-state index is 8.96. The van der Waals surface area contributed by atoms with Crippen molar-refractivity contribution in [2.75, 3.05) is 13.2 Å². The topological polar surface area (TPSA) is 121 Å². The first-order chi connectivity index (χ1) is 5.54. The molecule has 4 atom stereocenters. The molecule has 0 aromatic heterocycles. The van der Waals surface area contributed by atoms with Crippen molar-refractivity contribution < 1.29 is 30.6 Å². The molecule has 6 N–H and O–H groups in total. The van der Waals surface area contributed by atoms with Crippen molar-refractivity contribution in [2.24, 2.45) is 0 Å². The largest absolute Gasteiger partial charge is 0.394 e. The molecule has 13 heavy (non-hydrogen) atoms. The van der Waals surface area contributed by atoms with Crippen LogP contribution in [0.3, 0.4) is 0 Å². The molecule has 0 aliphatic rings. The van der Waals surface area contributed by atoms with Gasteiger partial charge in [0.2, 0.25) is 0 Å². The second-order valence-electron chi connectivity index (χ2n) is 2.48. The molecule has 0 amide bonds. The third kappa shape index (κ3) is 5.11. The number of aliphatic hydroxyl groups excluding tert-OH is 6. The fourth-order valence-electron chi connectivity index (χ4n) is 0.671. The maximum Gasteiger partial charge on any atom is 0.111 e. The quantitative estimate of drug-likeness (QED) is 0.288. The van der Waals surface area contributed by atoms with Crippen molar-refractivity contribution >= 4 is 23.9 Å². The van der Waals surface area contributed by atoms with E-state index in [2.05, 4.69) is 0 Å². The Kier molecular flexibility index (Phi) is 9.75. The molecule has 0 saturated carbocycles. The van der Waals surface area contributed by atoms with Crippen molar-refractivity contribution in [2.45, 2.75) is 24.4 Å². The minimum absolute atomic E-state index is 0. The summed E-state index contributed by atoms with van der Waals surface area (Å²) >= 11 is 0. The molecule has 0 spiro atoms. The van der Waals surface area contributed by atoms with Crippen molar-refractivity contribution in [3.8, 4) is 0 Å². The summed E-state index contributed by atoms with van der Waals surface area (Å²) in [6, 6.07) is 0. The molecule has 4 radical (unpaired) electrons. The number of hydrogen-bond donors (Lipinski definition) is 6. The molecule has 0 aliphatic carbocycles. The summed E-state index contributed by atoms with van der Waals surface area (Å²) < 4.78 is 0. The monoisotopic (exact) mass is 302 g/mol. The second kappa shape index (κ2) is 7.92. The third-order valence-corrected chi connectivity index (χ3v) is 1.51. The first-order valence-corrected chi connectivity index (χ1v) is 3.48. The summed E-state index contributed by atoms with van der Waals surface area (Å²) in [5.74, 6) is 0. The zero-order valence-electron chi connectivity index (χ0n) is 6.91. The van der Waals surface area contributed by atoms with Crippen molar-refractivity contribution in [3.05, 3.63) is 0 Å². The zero-order chi connectivity index (χ0) is 9.72. The maximum absolute atomic E-state index is 8.96. The van der Waals surface area contributed by atoms with E-state index < -0.39 is 37.6 Å². The summed E-state index contributed by atoms with van der Waals surface area (Å²) in [5, 5.41) is 52.2. The standard InChI is InChI=1S/C6H14O6.Sn/c7-1-3(9)5(11)6(12)4(10)2-8;/h3-12H,1-2H2;/t3-,4-,5-,6-;/m1./s1. The molecule has 0 aliphatic heterocycles. The van der Waals surface area contributed by atoms with Crippen LogP contribution in [0.5, 0.6) is 0 Å². The van der Waals surface area contributed by atoms with Gasteiger partial charge in [0.15, 0.2) is 0 Å². The summed E-state index contributed by atoms with van der Waals surface area (Å²) in [5.41, 5.74) is 0. The van der Waals surface area contributed by atoms with E-state index in [-0.39, 0.29) is 23.9 Å². The predicted octanol–water partition coefficient (Wildman–Crippen LogP) is -3.97. The van der Waals surface area contributed by atoms with Gasteiger partial charge in [-0.3, -0.25) is 0 Å². The molecule has 0 aromatic rings. The van der Waals surface area contributed by atoms with Crippen molar-refractivity contribution in [3.63, 3.8) is 0 Å². The normalized spacial score (nSPS) is 19.8. The third-order valence-electron chi connectivity index (χ3n) is 1.51. The van der Waals surface area contributed by atoms with Crippen molar-refractivity contribution in [1.82, 2.24) is 0 Å². The van der Waals surface area contributed by atoms with Crippen LogP contribution in [0.1, 0.15) is 0 Å². The first kappa shape index (κ1) is 16.0. The fraction of sp³-hybridized carbons (Fsp3) is 1.00. The average Bonchev–Trinajstić information content (AvgIpc) is 2.12. The molecule has 0 heterocycles. The summed E-state index contributed by atoms with van der Waals surface area (Å²) in [4.78, 5) is 0. The van der Waals surface area contributed by atoms with Gasteiger partial charge in [0, 0.05) is 23.9 Å². The molecule has 0 rings (SSSR count). The molecular formula is C6H14O6Sn. The number of hydrogen-bond acceptors (Lipinski definition) is 6. The van der Waals surface area contributed by atoms with E-state index in [1.165, 1.54) is 0 Å². The van der Waals surface area contributed by atoms with Crippen LogP contribution >= 0.6 is 0 Å². The van der Waals surface area contributed by atoms with E-state index in [1.54, 1.807) is 0 Å². The minimum atomic E-state index is -1.67. The van der Waals surface area contributed by atoms with Crippen LogP contribution in [0, 0.1) is 0 Å². The first-order valence-electron chi connectivity index (χ1n) is 3.48. The van der Waals surface area contributed by atoms with Gasteiger partial charge in [0.05, 0.1) is 13.2 Å². The fourth-order valence-corrected chi connectivity index (χ4v) is 0.671. The summed E-state index contributed by atoms with van der Waals surface area (Å²) in [7, 11) is 0. The zero-order valence-corrected chi connectivity index (χ0v) is 9.76. The van der Waals surface area contributed by atoms with Crippen LogP contribution in [0.15, 0.2) is 0 Å². The van der Waals surface area contributed by atoms with Gasteiger partial charge in [-0.25, -0.2) is 0 Å². The van der Waals surface area contributed by atoms with Gasteiger partial charge in [-0.05, 0) is 0 Å². The Bertz CT molecular complexity index is 110. The Morgan fingerprint density at radius 2 is 0.923 bits per heavy atom. The molecular weight excluding hydrogens is 287 g/mol. The molecule has 0 fully saturated rings. The molecule has 7 heteroatoms. The van der Waals surface area contributed by atoms with Crippen LogP contribution in [0.25, 0.3) is 0 Å². The van der Waals surface area contributed by atoms with Gasteiger partial charge < -0.3 is 30.6 Å². The van der Waals surface area contributed by atoms with E-state index in [4.69, 9.17) is 30.6 Å². The van der Waals surface area contributed by atoms with Gasteiger partial charge in [0.25, 0.3) is 0 Å². The van der Waals surface area contributed by atoms with Gasteiger partial charge in [-0.1, -0.05) is 0 Å². The van der Waals surface area contributed by atoms with E-state index >= 15 is 0 Å². The molecule has 0 bridgehead atoms. The van der Waals surface area contributed by atoms with E-state index in [0.717, 1.165) is 0 Å². The SMILES string of the molecule is OC[C@@H](O)[C@@H](O)[C@H](O)[C@H](O)CO.[Sn]. The van der Waals surface area contributed by atoms with Gasteiger partial charge in [-0.15, -0.1) is 0 Å². The molecule has 78 valence electrons. The number of rotatable bonds is 5. The average molecular weight is 301 g/mol. The van der Waals surface area contributed by atoms with Crippen LogP contribution < -0.4 is 0 Å². The molecule has 0 unspecified atom stereocenters. The van der Waals surface area contributed by atoms with Crippen LogP contribution in [0.4, 0.5) is 0 Å². The Labute approximate surface area is 92.4 Å². The van der Waals surface area contributed by atoms with Crippen LogP contribution in [0.2, 0.25) is 0 Å². The summed E-state index contributed by atoms with van der Waals surface area (Å²) in [6.45, 7) is -1.45. The molecule has 0 aromatic carbocycles. The van der Waals surface area contributed by atoms with Gasteiger partial charge in [-0.2, -0.15) is 0 Å². The summed E-state index contributed by atoms with van der Waals surface area (Å²) in [6.07, 6.45) is -6.39. The Hall–Kier alpha value is 0.559. The van der Waals surface area contributed by atoms with E-state index in [0.29, 0.717) is 0 Å². The van der Waals surface area contributed by atoms with Gasteiger partial charge >= 0.3 is 0 Å². The molecule has 0 saturated heterocycles. The van der Waals surface area contributed by atoms with E-state index in [1.807, 2.05) is 0 Å². The van der Waals surface area contributed by atoms with Crippen molar-refractivity contribution in [1.29, 1.82) is 0 Å². The van der Waals surface area contributed by atoms with E-state index in [9.17, 15) is 0 Å².